The molecule has 0 bridgehead atoms. The maximum atomic E-state index is 13.6. The third kappa shape index (κ3) is 3.33. The standard InChI is InChI=1S/C12H15F3N2O2S.ClH/c1-7-6-17(5-4-9(7)16)20(18,19)10-3-2-8(13)11(14)12(10)15;/h2-3,7,9H,4-6,16H2,1H3;1H. The normalized spacial score (nSPS) is 23.7. The Bertz CT molecular complexity index is 627. The maximum Gasteiger partial charge on any atom is 0.246 e. The van der Waals surface area contributed by atoms with Crippen LogP contribution in [0.5, 0.6) is 0 Å². The van der Waals surface area contributed by atoms with E-state index in [1.165, 1.54) is 0 Å². The second-order valence-electron chi connectivity index (χ2n) is 4.97. The van der Waals surface area contributed by atoms with Gasteiger partial charge in [0.05, 0.1) is 0 Å². The molecule has 1 aliphatic heterocycles. The number of halogens is 4. The summed E-state index contributed by atoms with van der Waals surface area (Å²) in [5.41, 5.74) is 5.79. The van der Waals surface area contributed by atoms with Gasteiger partial charge < -0.3 is 5.73 Å². The smallest absolute Gasteiger partial charge is 0.246 e. The largest absolute Gasteiger partial charge is 0.327 e. The van der Waals surface area contributed by atoms with Crippen molar-refractivity contribution in [2.24, 2.45) is 11.7 Å². The lowest BCUT2D eigenvalue weighted by Crippen LogP contribution is -2.48. The first-order valence-corrected chi connectivity index (χ1v) is 7.58. The minimum absolute atomic E-state index is 0. The number of nitrogens with two attached hydrogens (primary N) is 1. The Hall–Kier alpha value is -0.830. The number of sulfonamides is 1. The van der Waals surface area contributed by atoms with E-state index in [-0.39, 0.29) is 37.5 Å². The lowest BCUT2D eigenvalue weighted by molar-refractivity contribution is 0.249. The summed E-state index contributed by atoms with van der Waals surface area (Å²) in [5.74, 6) is -4.98. The molecule has 2 rings (SSSR count). The number of piperidine rings is 1. The molecule has 9 heteroatoms. The van der Waals surface area contributed by atoms with Crippen molar-refractivity contribution in [2.75, 3.05) is 13.1 Å². The molecule has 0 radical (unpaired) electrons. The van der Waals surface area contributed by atoms with Gasteiger partial charge in [0.1, 0.15) is 4.90 Å². The fourth-order valence-corrected chi connectivity index (χ4v) is 3.80. The van der Waals surface area contributed by atoms with Crippen LogP contribution >= 0.6 is 12.4 Å². The SMILES string of the molecule is CC1CN(S(=O)(=O)c2ccc(F)c(F)c2F)CCC1N.Cl. The van der Waals surface area contributed by atoms with E-state index in [1.807, 2.05) is 0 Å². The highest BCUT2D eigenvalue weighted by Gasteiger charge is 2.34. The Morgan fingerprint density at radius 3 is 2.43 bits per heavy atom. The second-order valence-corrected chi connectivity index (χ2v) is 6.87. The molecule has 0 aromatic heterocycles. The van der Waals surface area contributed by atoms with Crippen molar-refractivity contribution in [3.8, 4) is 0 Å². The number of hydrogen-bond donors (Lipinski definition) is 1. The Morgan fingerprint density at radius 1 is 1.24 bits per heavy atom. The Balaban J connectivity index is 0.00000220. The number of nitrogens with zero attached hydrogens (tertiary/aromatic N) is 1. The van der Waals surface area contributed by atoms with Gasteiger partial charge in [0.25, 0.3) is 0 Å². The van der Waals surface area contributed by atoms with Crippen LogP contribution in [-0.2, 0) is 10.0 Å². The highest BCUT2D eigenvalue weighted by Crippen LogP contribution is 2.26. The monoisotopic (exact) mass is 344 g/mol. The van der Waals surface area contributed by atoms with Crippen molar-refractivity contribution in [1.82, 2.24) is 4.31 Å². The first-order valence-electron chi connectivity index (χ1n) is 6.14. The van der Waals surface area contributed by atoms with Crippen LogP contribution in [-0.4, -0.2) is 31.9 Å². The third-order valence-electron chi connectivity index (χ3n) is 3.55. The molecule has 1 heterocycles. The van der Waals surface area contributed by atoms with E-state index in [9.17, 15) is 21.6 Å². The van der Waals surface area contributed by atoms with Gasteiger partial charge in [-0.15, -0.1) is 12.4 Å². The van der Waals surface area contributed by atoms with Crippen LogP contribution in [0.2, 0.25) is 0 Å². The zero-order chi connectivity index (χ0) is 15.1. The molecule has 0 aliphatic carbocycles. The van der Waals surface area contributed by atoms with E-state index in [0.29, 0.717) is 12.5 Å². The molecule has 21 heavy (non-hydrogen) atoms. The van der Waals surface area contributed by atoms with Gasteiger partial charge in [-0.05, 0) is 24.5 Å². The summed E-state index contributed by atoms with van der Waals surface area (Å²) in [5, 5.41) is 0. The first-order chi connectivity index (χ1) is 9.25. The van der Waals surface area contributed by atoms with Crippen LogP contribution in [0.1, 0.15) is 13.3 Å². The minimum Gasteiger partial charge on any atom is -0.327 e. The third-order valence-corrected chi connectivity index (χ3v) is 5.43. The summed E-state index contributed by atoms with van der Waals surface area (Å²) in [4.78, 5) is -0.848. The quantitative estimate of drug-likeness (QED) is 0.833. The van der Waals surface area contributed by atoms with E-state index in [4.69, 9.17) is 5.73 Å². The number of benzene rings is 1. The molecule has 0 spiro atoms. The van der Waals surface area contributed by atoms with Crippen LogP contribution in [0.3, 0.4) is 0 Å². The molecule has 0 amide bonds. The Morgan fingerprint density at radius 2 is 1.86 bits per heavy atom. The lowest BCUT2D eigenvalue weighted by atomic mass is 9.96. The minimum atomic E-state index is -4.19. The van der Waals surface area contributed by atoms with Crippen molar-refractivity contribution in [1.29, 1.82) is 0 Å². The summed E-state index contributed by atoms with van der Waals surface area (Å²) in [6, 6.07) is 1.21. The van der Waals surface area contributed by atoms with E-state index in [1.54, 1.807) is 6.92 Å². The van der Waals surface area contributed by atoms with E-state index in [2.05, 4.69) is 0 Å². The van der Waals surface area contributed by atoms with E-state index >= 15 is 0 Å². The zero-order valence-corrected chi connectivity index (χ0v) is 12.9. The lowest BCUT2D eigenvalue weighted by Gasteiger charge is -2.34. The van der Waals surface area contributed by atoms with E-state index < -0.39 is 32.4 Å². The predicted octanol–water partition coefficient (Wildman–Crippen LogP) is 1.88. The molecule has 1 aromatic carbocycles. The van der Waals surface area contributed by atoms with E-state index in [0.717, 1.165) is 10.4 Å². The molecule has 1 aromatic rings. The first kappa shape index (κ1) is 18.2. The molecule has 120 valence electrons. The summed E-state index contributed by atoms with van der Waals surface area (Å²) in [6.07, 6.45) is 0.436. The maximum absolute atomic E-state index is 13.6. The summed E-state index contributed by atoms with van der Waals surface area (Å²) < 4.78 is 65.3. The summed E-state index contributed by atoms with van der Waals surface area (Å²) in [7, 11) is -4.19. The van der Waals surface area contributed by atoms with Crippen molar-refractivity contribution in [3.63, 3.8) is 0 Å². The van der Waals surface area contributed by atoms with Crippen molar-refractivity contribution < 1.29 is 21.6 Å². The highest BCUT2D eigenvalue weighted by molar-refractivity contribution is 7.89. The topological polar surface area (TPSA) is 63.4 Å². The molecule has 1 saturated heterocycles. The molecular formula is C12H16ClF3N2O2S. The van der Waals surface area contributed by atoms with Crippen LogP contribution in [0, 0.1) is 23.4 Å². The van der Waals surface area contributed by atoms with Crippen molar-refractivity contribution >= 4 is 22.4 Å². The van der Waals surface area contributed by atoms with Crippen LogP contribution in [0.15, 0.2) is 17.0 Å². The summed E-state index contributed by atoms with van der Waals surface area (Å²) >= 11 is 0. The van der Waals surface area contributed by atoms with Crippen molar-refractivity contribution in [2.45, 2.75) is 24.3 Å². The van der Waals surface area contributed by atoms with Crippen LogP contribution in [0.4, 0.5) is 13.2 Å². The van der Waals surface area contributed by atoms with Gasteiger partial charge in [-0.2, -0.15) is 4.31 Å². The van der Waals surface area contributed by atoms with Gasteiger partial charge in [0, 0.05) is 19.1 Å². The van der Waals surface area contributed by atoms with Gasteiger partial charge >= 0.3 is 0 Å². The van der Waals surface area contributed by atoms with Gasteiger partial charge in [-0.1, -0.05) is 6.92 Å². The fourth-order valence-electron chi connectivity index (χ4n) is 2.19. The van der Waals surface area contributed by atoms with Gasteiger partial charge in [0.15, 0.2) is 17.5 Å². The zero-order valence-electron chi connectivity index (χ0n) is 11.2. The molecule has 2 atom stereocenters. The molecule has 4 nitrogen and oxygen atoms in total. The molecule has 1 fully saturated rings. The second kappa shape index (κ2) is 6.51. The van der Waals surface area contributed by atoms with Crippen LogP contribution in [0.25, 0.3) is 0 Å². The number of rotatable bonds is 2. The Labute approximate surface area is 127 Å². The molecule has 0 saturated carbocycles. The van der Waals surface area contributed by atoms with Crippen LogP contribution < -0.4 is 5.73 Å². The predicted molar refractivity (Wildman–Crippen MR) is 74.1 cm³/mol. The summed E-state index contributed by atoms with van der Waals surface area (Å²) in [6.45, 7) is 2.04. The molecule has 1 aliphatic rings. The molecular weight excluding hydrogens is 329 g/mol. The average molecular weight is 345 g/mol. The van der Waals surface area contributed by atoms with Gasteiger partial charge in [-0.25, -0.2) is 21.6 Å². The molecule has 2 unspecified atom stereocenters. The molecule has 2 N–H and O–H groups in total. The van der Waals surface area contributed by atoms with Crippen molar-refractivity contribution in [3.05, 3.63) is 29.6 Å². The highest BCUT2D eigenvalue weighted by atomic mass is 35.5. The average Bonchev–Trinajstić information content (AvgIpc) is 2.38. The number of hydrogen-bond acceptors (Lipinski definition) is 3. The van der Waals surface area contributed by atoms with Gasteiger partial charge in [0.2, 0.25) is 10.0 Å². The Kier molecular flexibility index (Phi) is 5.65. The fraction of sp³-hybridized carbons (Fsp3) is 0.500. The van der Waals surface area contributed by atoms with Gasteiger partial charge in [-0.3, -0.25) is 0 Å².